The largest absolute Gasteiger partial charge is 0.497 e. The van der Waals surface area contributed by atoms with Gasteiger partial charge in [-0.25, -0.2) is 4.68 Å². The van der Waals surface area contributed by atoms with E-state index in [9.17, 15) is 4.79 Å². The van der Waals surface area contributed by atoms with Crippen LogP contribution in [0.25, 0.3) is 0 Å². The SMILES string of the molecule is COc1ccc(NC(=O)CSc2nnc(C3CCCCC3)n2N)c(OC)c1. The minimum atomic E-state index is -0.175. The van der Waals surface area contributed by atoms with Gasteiger partial charge in [0.1, 0.15) is 11.5 Å². The van der Waals surface area contributed by atoms with Crippen molar-refractivity contribution in [3.63, 3.8) is 0 Å². The van der Waals surface area contributed by atoms with Crippen molar-refractivity contribution >= 4 is 23.4 Å². The van der Waals surface area contributed by atoms with Crippen molar-refractivity contribution in [1.82, 2.24) is 14.9 Å². The molecule has 1 aliphatic carbocycles. The van der Waals surface area contributed by atoms with Crippen LogP contribution < -0.4 is 20.6 Å². The second kappa shape index (κ2) is 8.98. The number of hydrogen-bond donors (Lipinski definition) is 2. The van der Waals surface area contributed by atoms with E-state index in [1.54, 1.807) is 32.4 Å². The summed E-state index contributed by atoms with van der Waals surface area (Å²) in [6, 6.07) is 5.22. The number of nitrogen functional groups attached to an aromatic ring is 1. The summed E-state index contributed by atoms with van der Waals surface area (Å²) in [6.45, 7) is 0. The van der Waals surface area contributed by atoms with Crippen LogP contribution in [0.3, 0.4) is 0 Å². The number of nitrogens with two attached hydrogens (primary N) is 1. The number of nitrogens with one attached hydrogen (secondary N) is 1. The van der Waals surface area contributed by atoms with Crippen molar-refractivity contribution < 1.29 is 14.3 Å². The van der Waals surface area contributed by atoms with Crippen molar-refractivity contribution in [2.24, 2.45) is 0 Å². The minimum Gasteiger partial charge on any atom is -0.497 e. The van der Waals surface area contributed by atoms with Gasteiger partial charge in [-0.15, -0.1) is 10.2 Å². The molecular weight excluding hydrogens is 366 g/mol. The summed E-state index contributed by atoms with van der Waals surface area (Å²) in [5.41, 5.74) is 0.584. The van der Waals surface area contributed by atoms with E-state index in [1.165, 1.54) is 35.7 Å². The lowest BCUT2D eigenvalue weighted by Gasteiger charge is -2.20. The molecule has 0 radical (unpaired) electrons. The fourth-order valence-electron chi connectivity index (χ4n) is 3.24. The van der Waals surface area contributed by atoms with Gasteiger partial charge in [0.05, 0.1) is 25.7 Å². The normalized spacial score (nSPS) is 14.7. The zero-order valence-electron chi connectivity index (χ0n) is 15.6. The number of aromatic nitrogens is 3. The van der Waals surface area contributed by atoms with Crippen LogP contribution in [0.5, 0.6) is 11.5 Å². The quantitative estimate of drug-likeness (QED) is 0.552. The van der Waals surface area contributed by atoms with E-state index >= 15 is 0 Å². The Morgan fingerprint density at radius 2 is 2.04 bits per heavy atom. The van der Waals surface area contributed by atoms with Crippen molar-refractivity contribution in [2.75, 3.05) is 31.1 Å². The fraction of sp³-hybridized carbons (Fsp3) is 0.500. The lowest BCUT2D eigenvalue weighted by molar-refractivity contribution is -0.113. The van der Waals surface area contributed by atoms with Gasteiger partial charge in [-0.3, -0.25) is 4.79 Å². The van der Waals surface area contributed by atoms with Gasteiger partial charge in [-0.2, -0.15) is 0 Å². The zero-order valence-corrected chi connectivity index (χ0v) is 16.4. The third kappa shape index (κ3) is 4.65. The van der Waals surface area contributed by atoms with Crippen LogP contribution in [-0.2, 0) is 4.79 Å². The summed E-state index contributed by atoms with van der Waals surface area (Å²) in [5, 5.41) is 11.8. The number of carbonyl (C=O) groups excluding carboxylic acids is 1. The van der Waals surface area contributed by atoms with Crippen molar-refractivity contribution in [2.45, 2.75) is 43.2 Å². The van der Waals surface area contributed by atoms with Gasteiger partial charge in [0.25, 0.3) is 0 Å². The Bertz CT molecular complexity index is 789. The molecule has 0 saturated heterocycles. The molecule has 9 heteroatoms. The average molecular weight is 391 g/mol. The van der Waals surface area contributed by atoms with E-state index in [2.05, 4.69) is 15.5 Å². The molecule has 1 aromatic heterocycles. The fourth-order valence-corrected chi connectivity index (χ4v) is 3.91. The van der Waals surface area contributed by atoms with Crippen LogP contribution in [0, 0.1) is 0 Å². The number of carbonyl (C=O) groups is 1. The number of rotatable bonds is 7. The molecule has 3 N–H and O–H groups in total. The molecular formula is C18H25N5O3S. The summed E-state index contributed by atoms with van der Waals surface area (Å²) in [4.78, 5) is 12.3. The molecule has 1 aliphatic rings. The molecule has 0 spiro atoms. The lowest BCUT2D eigenvalue weighted by atomic mass is 9.89. The van der Waals surface area contributed by atoms with E-state index < -0.39 is 0 Å². The van der Waals surface area contributed by atoms with Gasteiger partial charge < -0.3 is 20.6 Å². The van der Waals surface area contributed by atoms with Gasteiger partial charge in [0, 0.05) is 12.0 Å². The number of anilines is 1. The monoisotopic (exact) mass is 391 g/mol. The van der Waals surface area contributed by atoms with Crippen LogP contribution in [0.1, 0.15) is 43.8 Å². The Hall–Kier alpha value is -2.42. The first kappa shape index (κ1) is 19.3. The van der Waals surface area contributed by atoms with E-state index in [4.69, 9.17) is 15.3 Å². The van der Waals surface area contributed by atoms with Gasteiger partial charge in [-0.1, -0.05) is 31.0 Å². The first-order chi connectivity index (χ1) is 13.1. The third-order valence-corrected chi connectivity index (χ3v) is 5.62. The summed E-state index contributed by atoms with van der Waals surface area (Å²) < 4.78 is 12.0. The smallest absolute Gasteiger partial charge is 0.234 e. The maximum atomic E-state index is 12.3. The van der Waals surface area contributed by atoms with Gasteiger partial charge in [0.2, 0.25) is 11.1 Å². The minimum absolute atomic E-state index is 0.175. The van der Waals surface area contributed by atoms with E-state index in [-0.39, 0.29) is 11.7 Å². The van der Waals surface area contributed by atoms with Crippen molar-refractivity contribution in [3.8, 4) is 11.5 Å². The number of thioether (sulfide) groups is 1. The summed E-state index contributed by atoms with van der Waals surface area (Å²) in [6.07, 6.45) is 5.86. The maximum absolute atomic E-state index is 12.3. The molecule has 1 fully saturated rings. The average Bonchev–Trinajstić information content (AvgIpc) is 3.07. The molecule has 0 atom stereocenters. The Kier molecular flexibility index (Phi) is 6.44. The van der Waals surface area contributed by atoms with E-state index in [0.717, 1.165) is 18.7 Å². The first-order valence-electron chi connectivity index (χ1n) is 8.97. The molecule has 0 aliphatic heterocycles. The van der Waals surface area contributed by atoms with Crippen LogP contribution in [0.2, 0.25) is 0 Å². The third-order valence-electron chi connectivity index (χ3n) is 4.68. The van der Waals surface area contributed by atoms with Gasteiger partial charge >= 0.3 is 0 Å². The standard InChI is InChI=1S/C18H25N5O3S/c1-25-13-8-9-14(15(10-13)26-2)20-16(24)11-27-18-22-21-17(23(18)19)12-6-4-3-5-7-12/h8-10,12H,3-7,11,19H2,1-2H3,(H,20,24). The molecule has 2 aromatic rings. The lowest BCUT2D eigenvalue weighted by Crippen LogP contribution is -2.20. The number of hydrogen-bond acceptors (Lipinski definition) is 7. The predicted octanol–water partition coefficient (Wildman–Crippen LogP) is 2.79. The van der Waals surface area contributed by atoms with Crippen molar-refractivity contribution in [3.05, 3.63) is 24.0 Å². The molecule has 146 valence electrons. The number of ether oxygens (including phenoxy) is 2. The molecule has 8 nitrogen and oxygen atoms in total. The highest BCUT2D eigenvalue weighted by Gasteiger charge is 2.23. The van der Waals surface area contributed by atoms with Crippen LogP contribution in [-0.4, -0.2) is 40.8 Å². The molecule has 0 unspecified atom stereocenters. The van der Waals surface area contributed by atoms with Gasteiger partial charge in [0.15, 0.2) is 5.82 Å². The highest BCUT2D eigenvalue weighted by Crippen LogP contribution is 2.32. The Balaban J connectivity index is 1.59. The Morgan fingerprint density at radius 1 is 1.26 bits per heavy atom. The summed E-state index contributed by atoms with van der Waals surface area (Å²) in [7, 11) is 3.12. The number of nitrogens with zero attached hydrogens (tertiary/aromatic N) is 3. The number of amides is 1. The molecule has 1 heterocycles. The zero-order chi connectivity index (χ0) is 19.2. The molecule has 27 heavy (non-hydrogen) atoms. The highest BCUT2D eigenvalue weighted by molar-refractivity contribution is 7.99. The van der Waals surface area contributed by atoms with Crippen LogP contribution in [0.4, 0.5) is 5.69 Å². The van der Waals surface area contributed by atoms with Crippen LogP contribution in [0.15, 0.2) is 23.4 Å². The molecule has 1 amide bonds. The Labute approximate surface area is 162 Å². The number of methoxy groups -OCH3 is 2. The summed E-state index contributed by atoms with van der Waals surface area (Å²) in [5.74, 6) is 8.53. The maximum Gasteiger partial charge on any atom is 0.234 e. The second-order valence-electron chi connectivity index (χ2n) is 6.45. The molecule has 1 aromatic carbocycles. The topological polar surface area (TPSA) is 104 Å². The van der Waals surface area contributed by atoms with Crippen molar-refractivity contribution in [1.29, 1.82) is 0 Å². The second-order valence-corrected chi connectivity index (χ2v) is 7.39. The van der Waals surface area contributed by atoms with Crippen LogP contribution >= 0.6 is 11.8 Å². The molecule has 3 rings (SSSR count). The summed E-state index contributed by atoms with van der Waals surface area (Å²) >= 11 is 1.27. The first-order valence-corrected chi connectivity index (χ1v) is 9.96. The Morgan fingerprint density at radius 3 is 2.74 bits per heavy atom. The molecule has 1 saturated carbocycles. The highest BCUT2D eigenvalue weighted by atomic mass is 32.2. The van der Waals surface area contributed by atoms with Gasteiger partial charge in [-0.05, 0) is 25.0 Å². The predicted molar refractivity (Wildman–Crippen MR) is 105 cm³/mol. The number of benzene rings is 1. The molecule has 0 bridgehead atoms. The van der Waals surface area contributed by atoms with E-state index in [0.29, 0.717) is 28.3 Å². The van der Waals surface area contributed by atoms with E-state index in [1.807, 2.05) is 0 Å².